The van der Waals surface area contributed by atoms with Crippen LogP contribution in [-0.4, -0.2) is 70.7 Å². The predicted molar refractivity (Wildman–Crippen MR) is 162 cm³/mol. The van der Waals surface area contributed by atoms with Crippen LogP contribution >= 0.6 is 7.82 Å². The van der Waals surface area contributed by atoms with Crippen molar-refractivity contribution in [2.24, 2.45) is 0 Å². The highest BCUT2D eigenvalue weighted by Gasteiger charge is 2.20. The summed E-state index contributed by atoms with van der Waals surface area (Å²) in [5.74, 6) is -0.378. The summed E-state index contributed by atoms with van der Waals surface area (Å²) in [4.78, 5) is 24.2. The molecule has 0 aliphatic rings. The lowest BCUT2D eigenvalue weighted by Crippen LogP contribution is -2.37. The molecule has 0 spiro atoms. The van der Waals surface area contributed by atoms with Crippen LogP contribution in [-0.2, 0) is 27.9 Å². The molecule has 0 aliphatic heterocycles. The van der Waals surface area contributed by atoms with E-state index in [0.29, 0.717) is 24.1 Å². The van der Waals surface area contributed by atoms with Gasteiger partial charge in [-0.2, -0.15) is 0 Å². The van der Waals surface area contributed by atoms with Gasteiger partial charge in [-0.05, 0) is 44.9 Å². The maximum absolute atomic E-state index is 12.1. The molecular formula is C31H58NO7P. The SMILES string of the molecule is CC/C=C\C/C=C\C/C=C\CCCCCCCCOCC(COP(=O)([O-])OCC[N+](C)(C)C)OC(=O)CCCC. The van der Waals surface area contributed by atoms with E-state index in [0.717, 1.165) is 51.4 Å². The number of esters is 1. The summed E-state index contributed by atoms with van der Waals surface area (Å²) in [6, 6.07) is 0. The zero-order valence-corrected chi connectivity index (χ0v) is 26.9. The van der Waals surface area contributed by atoms with Crippen LogP contribution in [0, 0.1) is 0 Å². The number of nitrogens with zero attached hydrogens (tertiary/aromatic N) is 1. The number of ether oxygens (including phenoxy) is 2. The topological polar surface area (TPSA) is 94.1 Å². The maximum Gasteiger partial charge on any atom is 0.306 e. The normalized spacial score (nSPS) is 14.8. The number of carbonyl (C=O) groups excluding carboxylic acids is 1. The van der Waals surface area contributed by atoms with E-state index >= 15 is 0 Å². The average molecular weight is 588 g/mol. The summed E-state index contributed by atoms with van der Waals surface area (Å²) < 4.78 is 33.7. The molecule has 0 bridgehead atoms. The lowest BCUT2D eigenvalue weighted by Gasteiger charge is -2.28. The standard InChI is InChI=1S/C31H58NO7P/c1-6-8-10-11-12-13-14-15-16-17-18-19-20-21-22-23-26-36-28-30(39-31(33)24-9-7-2)29-38-40(34,35)37-27-25-32(3,4)5/h8,10,12-13,15-16,30H,6-7,9,11,14,17-29H2,1-5H3/b10-8-,13-12-,16-15-. The molecule has 0 radical (unpaired) electrons. The fraction of sp³-hybridized carbons (Fsp3) is 0.774. The Morgan fingerprint density at radius 3 is 2.08 bits per heavy atom. The monoisotopic (exact) mass is 587 g/mol. The van der Waals surface area contributed by atoms with Gasteiger partial charge in [0.1, 0.15) is 19.3 Å². The van der Waals surface area contributed by atoms with Crippen molar-refractivity contribution in [2.75, 3.05) is 54.1 Å². The Morgan fingerprint density at radius 2 is 1.43 bits per heavy atom. The zero-order valence-electron chi connectivity index (χ0n) is 26.0. The molecule has 0 aromatic rings. The maximum atomic E-state index is 12.1. The molecule has 0 aliphatic carbocycles. The number of phosphoric ester groups is 1. The van der Waals surface area contributed by atoms with Gasteiger partial charge in [0, 0.05) is 13.0 Å². The number of carbonyl (C=O) groups is 1. The molecule has 0 aromatic heterocycles. The van der Waals surface area contributed by atoms with Crippen LogP contribution in [0.2, 0.25) is 0 Å². The van der Waals surface area contributed by atoms with E-state index in [1.807, 2.05) is 28.1 Å². The summed E-state index contributed by atoms with van der Waals surface area (Å²) >= 11 is 0. The van der Waals surface area contributed by atoms with Gasteiger partial charge < -0.3 is 27.9 Å². The van der Waals surface area contributed by atoms with E-state index in [1.54, 1.807) is 0 Å². The molecule has 0 amide bonds. The first kappa shape index (κ1) is 38.7. The number of quaternary nitrogens is 1. The summed E-state index contributed by atoms with van der Waals surface area (Å²) in [7, 11) is 1.33. The third-order valence-corrected chi connectivity index (χ3v) is 6.92. The molecule has 0 heterocycles. The van der Waals surface area contributed by atoms with Gasteiger partial charge in [0.05, 0.1) is 34.4 Å². The van der Waals surface area contributed by atoms with Crippen LogP contribution in [0.15, 0.2) is 36.5 Å². The van der Waals surface area contributed by atoms with Crippen molar-refractivity contribution in [3.8, 4) is 0 Å². The third-order valence-electron chi connectivity index (χ3n) is 5.96. The molecule has 0 N–H and O–H groups in total. The number of rotatable bonds is 27. The van der Waals surface area contributed by atoms with E-state index in [4.69, 9.17) is 18.5 Å². The fourth-order valence-corrected chi connectivity index (χ4v) is 4.26. The first-order valence-electron chi connectivity index (χ1n) is 15.2. The molecule has 8 nitrogen and oxygen atoms in total. The Labute approximate surface area is 245 Å². The summed E-state index contributed by atoms with van der Waals surface area (Å²) in [6.45, 7) is 4.98. The average Bonchev–Trinajstić information content (AvgIpc) is 2.88. The van der Waals surface area contributed by atoms with Crippen molar-refractivity contribution >= 4 is 13.8 Å². The van der Waals surface area contributed by atoms with E-state index < -0.39 is 13.9 Å². The molecule has 9 heteroatoms. The highest BCUT2D eigenvalue weighted by atomic mass is 31.2. The molecule has 0 rings (SSSR count). The number of unbranched alkanes of at least 4 members (excludes halogenated alkanes) is 7. The molecule has 2 unspecified atom stereocenters. The van der Waals surface area contributed by atoms with Crippen molar-refractivity contribution in [1.29, 1.82) is 0 Å². The van der Waals surface area contributed by atoms with Gasteiger partial charge in [0.15, 0.2) is 0 Å². The van der Waals surface area contributed by atoms with Gasteiger partial charge >= 0.3 is 5.97 Å². The van der Waals surface area contributed by atoms with Gasteiger partial charge in [-0.25, -0.2) is 0 Å². The largest absolute Gasteiger partial charge is 0.756 e. The van der Waals surface area contributed by atoms with E-state index in [2.05, 4.69) is 43.4 Å². The fourth-order valence-electron chi connectivity index (χ4n) is 3.54. The minimum absolute atomic E-state index is 0.0213. The third kappa shape index (κ3) is 28.3. The summed E-state index contributed by atoms with van der Waals surface area (Å²) in [5.41, 5.74) is 0. The van der Waals surface area contributed by atoms with Crippen LogP contribution in [0.1, 0.15) is 97.3 Å². The van der Waals surface area contributed by atoms with Crippen molar-refractivity contribution in [1.82, 2.24) is 0 Å². The molecular weight excluding hydrogens is 529 g/mol. The van der Waals surface area contributed by atoms with Gasteiger partial charge in [-0.15, -0.1) is 0 Å². The minimum atomic E-state index is -4.49. The highest BCUT2D eigenvalue weighted by Crippen LogP contribution is 2.38. The van der Waals surface area contributed by atoms with E-state index in [1.165, 1.54) is 19.3 Å². The molecule has 40 heavy (non-hydrogen) atoms. The Bertz CT molecular complexity index is 746. The lowest BCUT2D eigenvalue weighted by atomic mass is 10.1. The van der Waals surface area contributed by atoms with Crippen LogP contribution in [0.3, 0.4) is 0 Å². The summed E-state index contributed by atoms with van der Waals surface area (Å²) in [6.07, 6.45) is 25.4. The second kappa shape index (κ2) is 25.4. The minimum Gasteiger partial charge on any atom is -0.756 e. The lowest BCUT2D eigenvalue weighted by molar-refractivity contribution is -0.870. The first-order valence-corrected chi connectivity index (χ1v) is 16.7. The Balaban J connectivity index is 4.09. The predicted octanol–water partition coefficient (Wildman–Crippen LogP) is 6.90. The molecule has 0 aromatic carbocycles. The zero-order chi connectivity index (χ0) is 30.0. The van der Waals surface area contributed by atoms with Crippen molar-refractivity contribution in [3.05, 3.63) is 36.5 Å². The van der Waals surface area contributed by atoms with Crippen molar-refractivity contribution in [2.45, 2.75) is 103 Å². The number of hydrogen-bond acceptors (Lipinski definition) is 7. The second-order valence-corrected chi connectivity index (χ2v) is 12.5. The number of allylic oxidation sites excluding steroid dienone is 6. The second-order valence-electron chi connectivity index (χ2n) is 11.1. The number of phosphoric acid groups is 1. The smallest absolute Gasteiger partial charge is 0.306 e. The first-order chi connectivity index (χ1) is 19.1. The van der Waals surface area contributed by atoms with E-state index in [9.17, 15) is 14.3 Å². The number of likely N-dealkylation sites (N-methyl/N-ethyl adjacent to an activating group) is 1. The van der Waals surface area contributed by atoms with Crippen molar-refractivity contribution < 1.29 is 37.3 Å². The molecule has 0 fully saturated rings. The van der Waals surface area contributed by atoms with E-state index in [-0.39, 0.29) is 32.2 Å². The van der Waals surface area contributed by atoms with Gasteiger partial charge in [-0.3, -0.25) is 9.36 Å². The van der Waals surface area contributed by atoms with Crippen molar-refractivity contribution in [3.63, 3.8) is 0 Å². The van der Waals surface area contributed by atoms with Crippen LogP contribution in [0.4, 0.5) is 0 Å². The Morgan fingerprint density at radius 1 is 0.800 bits per heavy atom. The number of hydrogen-bond donors (Lipinski definition) is 0. The molecule has 2 atom stereocenters. The Kier molecular flexibility index (Phi) is 24.6. The highest BCUT2D eigenvalue weighted by molar-refractivity contribution is 7.45. The molecule has 0 saturated carbocycles. The van der Waals surface area contributed by atoms with Crippen LogP contribution in [0.5, 0.6) is 0 Å². The quantitative estimate of drug-likeness (QED) is 0.0339. The van der Waals surface area contributed by atoms with Gasteiger partial charge in [0.25, 0.3) is 7.82 Å². The van der Waals surface area contributed by atoms with Gasteiger partial charge in [-0.1, -0.05) is 82.4 Å². The molecule has 234 valence electrons. The van der Waals surface area contributed by atoms with Gasteiger partial charge in [0.2, 0.25) is 0 Å². The summed E-state index contributed by atoms with van der Waals surface area (Å²) in [5, 5.41) is 0. The van der Waals surface area contributed by atoms with Crippen LogP contribution < -0.4 is 4.89 Å². The molecule has 0 saturated heterocycles. The van der Waals surface area contributed by atoms with Crippen LogP contribution in [0.25, 0.3) is 0 Å². The Hall–Kier alpha value is -1.28.